The zero-order valence-electron chi connectivity index (χ0n) is 18.6. The number of amides is 1. The van der Waals surface area contributed by atoms with Crippen molar-refractivity contribution >= 4 is 17.2 Å². The van der Waals surface area contributed by atoms with Gasteiger partial charge in [0, 0.05) is 63.2 Å². The molecule has 33 heavy (non-hydrogen) atoms. The third kappa shape index (κ3) is 4.11. The van der Waals surface area contributed by atoms with E-state index in [9.17, 15) is 9.18 Å². The number of rotatable bonds is 4. The van der Waals surface area contributed by atoms with Crippen LogP contribution in [-0.2, 0) is 20.7 Å². The number of halogens is 1. The molecule has 1 fully saturated rings. The van der Waals surface area contributed by atoms with Crippen molar-refractivity contribution in [3.63, 3.8) is 0 Å². The molecular formula is C23H26FN5O4. The van der Waals surface area contributed by atoms with Crippen LogP contribution in [0.4, 0.5) is 10.1 Å². The molecule has 3 aromatic rings. The maximum Gasteiger partial charge on any atom is 0.252 e. The number of methoxy groups -OCH3 is 2. The second kappa shape index (κ2) is 8.95. The van der Waals surface area contributed by atoms with Crippen LogP contribution in [0.25, 0.3) is 16.8 Å². The van der Waals surface area contributed by atoms with Crippen molar-refractivity contribution in [3.05, 3.63) is 42.0 Å². The molecule has 2 aromatic heterocycles. The molecule has 174 valence electrons. The van der Waals surface area contributed by atoms with Crippen molar-refractivity contribution in [2.24, 2.45) is 0 Å². The number of carbonyl (C=O) groups is 1. The van der Waals surface area contributed by atoms with Gasteiger partial charge < -0.3 is 24.4 Å². The zero-order chi connectivity index (χ0) is 22.9. The van der Waals surface area contributed by atoms with Gasteiger partial charge in [0.25, 0.3) is 5.91 Å². The summed E-state index contributed by atoms with van der Waals surface area (Å²) in [6, 6.07) is 4.59. The second-order valence-electron chi connectivity index (χ2n) is 8.25. The maximum atomic E-state index is 14.5. The Morgan fingerprint density at radius 1 is 1.30 bits per heavy atom. The summed E-state index contributed by atoms with van der Waals surface area (Å²) in [5.74, 6) is 0.0200. The Hall–Kier alpha value is -3.24. The van der Waals surface area contributed by atoms with Crippen LogP contribution >= 0.6 is 0 Å². The molecule has 2 aliphatic rings. The molecule has 1 aromatic carbocycles. The van der Waals surface area contributed by atoms with Crippen molar-refractivity contribution in [1.82, 2.24) is 19.5 Å². The van der Waals surface area contributed by atoms with Crippen molar-refractivity contribution in [1.29, 1.82) is 0 Å². The van der Waals surface area contributed by atoms with Gasteiger partial charge in [0.15, 0.2) is 5.65 Å². The van der Waals surface area contributed by atoms with Crippen LogP contribution in [0.2, 0.25) is 0 Å². The first-order valence-corrected chi connectivity index (χ1v) is 10.9. The summed E-state index contributed by atoms with van der Waals surface area (Å²) in [6.07, 6.45) is 4.16. The molecule has 0 saturated carbocycles. The highest BCUT2D eigenvalue weighted by atomic mass is 19.1. The smallest absolute Gasteiger partial charge is 0.252 e. The van der Waals surface area contributed by atoms with Gasteiger partial charge >= 0.3 is 0 Å². The number of hydrogen-bond donors (Lipinski definition) is 1. The van der Waals surface area contributed by atoms with Crippen LogP contribution in [0, 0.1) is 5.82 Å². The lowest BCUT2D eigenvalue weighted by Gasteiger charge is -2.25. The lowest BCUT2D eigenvalue weighted by atomic mass is 10.1. The number of carbonyl (C=O) groups excluding carboxylic acids is 1. The number of fused-ring (bicyclic) bond motifs is 5. The van der Waals surface area contributed by atoms with Crippen molar-refractivity contribution in [3.8, 4) is 17.0 Å². The molecule has 5 rings (SSSR count). The Bertz CT molecular complexity index is 1180. The van der Waals surface area contributed by atoms with E-state index in [2.05, 4.69) is 10.4 Å². The summed E-state index contributed by atoms with van der Waals surface area (Å²) in [5, 5.41) is 7.66. The summed E-state index contributed by atoms with van der Waals surface area (Å²) in [5.41, 5.74) is 3.39. The van der Waals surface area contributed by atoms with Crippen molar-refractivity contribution < 1.29 is 23.4 Å². The number of hydrogen-bond acceptors (Lipinski definition) is 7. The van der Waals surface area contributed by atoms with Crippen LogP contribution in [0.5, 0.6) is 5.88 Å². The van der Waals surface area contributed by atoms with E-state index in [4.69, 9.17) is 19.2 Å². The molecule has 2 aliphatic heterocycles. The average Bonchev–Trinajstić information content (AvgIpc) is 3.35. The Kier molecular flexibility index (Phi) is 5.86. The van der Waals surface area contributed by atoms with Gasteiger partial charge in [-0.15, -0.1) is 0 Å². The molecule has 0 aliphatic carbocycles. The van der Waals surface area contributed by atoms with E-state index in [0.717, 1.165) is 5.56 Å². The minimum absolute atomic E-state index is 0.0685. The highest BCUT2D eigenvalue weighted by molar-refractivity contribution is 5.84. The number of aromatic nitrogens is 3. The Morgan fingerprint density at radius 3 is 3.00 bits per heavy atom. The monoisotopic (exact) mass is 455 g/mol. The Morgan fingerprint density at radius 2 is 2.18 bits per heavy atom. The number of ether oxygens (including phenoxy) is 3. The molecular weight excluding hydrogens is 429 g/mol. The number of nitrogens with one attached hydrogen (secondary N) is 1. The molecule has 10 heteroatoms. The second-order valence-corrected chi connectivity index (χ2v) is 8.25. The topological polar surface area (TPSA) is 90.2 Å². The molecule has 0 unspecified atom stereocenters. The molecule has 1 amide bonds. The summed E-state index contributed by atoms with van der Waals surface area (Å²) in [4.78, 5) is 19.3. The highest BCUT2D eigenvalue weighted by Crippen LogP contribution is 2.30. The fourth-order valence-electron chi connectivity index (χ4n) is 4.48. The fraction of sp³-hybridized carbons (Fsp3) is 0.435. The highest BCUT2D eigenvalue weighted by Gasteiger charge is 2.40. The van der Waals surface area contributed by atoms with E-state index >= 15 is 0 Å². The van der Waals surface area contributed by atoms with Gasteiger partial charge in [-0.25, -0.2) is 8.91 Å². The normalized spacial score (nSPS) is 20.5. The van der Waals surface area contributed by atoms with Gasteiger partial charge in [-0.1, -0.05) is 0 Å². The van der Waals surface area contributed by atoms with Crippen molar-refractivity contribution in [2.45, 2.75) is 25.0 Å². The molecule has 9 nitrogen and oxygen atoms in total. The molecule has 4 heterocycles. The van der Waals surface area contributed by atoms with Crippen LogP contribution in [0.1, 0.15) is 12.0 Å². The van der Waals surface area contributed by atoms with Gasteiger partial charge in [0.05, 0.1) is 18.8 Å². The average molecular weight is 455 g/mol. The lowest BCUT2D eigenvalue weighted by molar-refractivity contribution is -0.136. The molecule has 2 atom stereocenters. The Balaban J connectivity index is 1.60. The third-order valence-electron chi connectivity index (χ3n) is 6.18. The molecule has 1 N–H and O–H groups in total. The van der Waals surface area contributed by atoms with Gasteiger partial charge in [-0.05, 0) is 23.8 Å². The van der Waals surface area contributed by atoms with E-state index < -0.39 is 6.10 Å². The molecule has 0 spiro atoms. The van der Waals surface area contributed by atoms with Gasteiger partial charge in [0.1, 0.15) is 18.5 Å². The van der Waals surface area contributed by atoms with Crippen LogP contribution < -0.4 is 10.1 Å². The largest absolute Gasteiger partial charge is 0.475 e. The zero-order valence-corrected chi connectivity index (χ0v) is 18.6. The fourth-order valence-corrected chi connectivity index (χ4v) is 4.48. The summed E-state index contributed by atoms with van der Waals surface area (Å²) >= 11 is 0. The van der Waals surface area contributed by atoms with Crippen molar-refractivity contribution in [2.75, 3.05) is 45.8 Å². The maximum absolute atomic E-state index is 14.5. The first-order valence-electron chi connectivity index (χ1n) is 10.9. The third-order valence-corrected chi connectivity index (χ3v) is 6.18. The minimum atomic E-state index is -0.500. The summed E-state index contributed by atoms with van der Waals surface area (Å²) in [6.45, 7) is 1.70. The minimum Gasteiger partial charge on any atom is -0.475 e. The van der Waals surface area contributed by atoms with E-state index in [1.807, 2.05) is 12.3 Å². The van der Waals surface area contributed by atoms with E-state index in [0.29, 0.717) is 60.9 Å². The number of nitrogens with zero attached hydrogens (tertiary/aromatic N) is 4. The molecule has 4 bridgehead atoms. The Labute approximate surface area is 190 Å². The summed E-state index contributed by atoms with van der Waals surface area (Å²) < 4.78 is 32.9. The molecule has 1 saturated heterocycles. The first kappa shape index (κ1) is 21.6. The van der Waals surface area contributed by atoms with Gasteiger partial charge in [-0.2, -0.15) is 10.1 Å². The SMILES string of the molecule is COCCc1cn2ncc3c2nc1OC[C@@H]1C[C@@H](OC)C(=O)N1CCNc1cc(F)cc-3c1. The van der Waals surface area contributed by atoms with E-state index in [1.165, 1.54) is 12.1 Å². The number of benzene rings is 1. The molecule has 0 radical (unpaired) electrons. The first-order chi connectivity index (χ1) is 16.1. The van der Waals surface area contributed by atoms with E-state index in [-0.39, 0.29) is 24.4 Å². The predicted octanol–water partition coefficient (Wildman–Crippen LogP) is 2.14. The lowest BCUT2D eigenvalue weighted by Crippen LogP contribution is -2.41. The summed E-state index contributed by atoms with van der Waals surface area (Å²) in [7, 11) is 3.18. The van der Waals surface area contributed by atoms with Crippen LogP contribution in [0.3, 0.4) is 0 Å². The number of anilines is 1. The quantitative estimate of drug-likeness (QED) is 0.645. The van der Waals surface area contributed by atoms with Crippen LogP contribution in [0.15, 0.2) is 30.6 Å². The standard InChI is InChI=1S/C23H26FN5O4/c1-31-6-3-14-12-29-21-19(11-26-29)15-7-16(24)9-17(8-15)25-4-5-28-18(13-33-22(14)27-21)10-20(32-2)23(28)30/h7-9,11-12,18,20,25H,3-6,10,13H2,1-2H3/t18-,20+/m0/s1. The van der Waals surface area contributed by atoms with Crippen LogP contribution in [-0.4, -0.2) is 78.1 Å². The van der Waals surface area contributed by atoms with E-state index in [1.54, 1.807) is 29.8 Å². The van der Waals surface area contributed by atoms with Gasteiger partial charge in [-0.3, -0.25) is 4.79 Å². The van der Waals surface area contributed by atoms with Gasteiger partial charge in [0.2, 0.25) is 5.88 Å². The predicted molar refractivity (Wildman–Crippen MR) is 119 cm³/mol.